The minimum absolute atomic E-state index is 0.176. The number of carbonyl (C=O) groups excluding carboxylic acids is 1. The van der Waals surface area contributed by atoms with Crippen LogP contribution >= 0.6 is 15.9 Å². The van der Waals surface area contributed by atoms with Crippen LogP contribution in [0, 0.1) is 6.92 Å². The number of halogens is 1. The van der Waals surface area contributed by atoms with E-state index in [1.54, 1.807) is 30.3 Å². The predicted octanol–water partition coefficient (Wildman–Crippen LogP) is 3.95. The minimum atomic E-state index is -0.388. The number of aromatic nitrogens is 2. The van der Waals surface area contributed by atoms with Crippen LogP contribution in [-0.2, 0) is 16.6 Å². The van der Waals surface area contributed by atoms with Crippen molar-refractivity contribution in [1.82, 2.24) is 9.78 Å². The van der Waals surface area contributed by atoms with Gasteiger partial charge in [-0.2, -0.15) is 5.10 Å². The molecule has 1 heterocycles. The number of esters is 1. The molecule has 0 saturated heterocycles. The number of alkyl halides is 1. The third kappa shape index (κ3) is 4.34. The van der Waals surface area contributed by atoms with Crippen LogP contribution in [0.1, 0.15) is 27.0 Å². The van der Waals surface area contributed by atoms with Crippen molar-refractivity contribution in [3.8, 4) is 11.3 Å². The van der Waals surface area contributed by atoms with Gasteiger partial charge in [-0.05, 0) is 47.9 Å². The Morgan fingerprint density at radius 3 is 2.44 bits per heavy atom. The third-order valence-electron chi connectivity index (χ3n) is 4.31. The summed E-state index contributed by atoms with van der Waals surface area (Å²) in [5.74, 6) is -0.388. The summed E-state index contributed by atoms with van der Waals surface area (Å²) in [5.41, 5.74) is 5.17. The molecule has 138 valence electrons. The van der Waals surface area contributed by atoms with Gasteiger partial charge >= 0.3 is 5.97 Å². The average Bonchev–Trinajstić information content (AvgIpc) is 2.70. The Kier molecular flexibility index (Phi) is 5.86. The summed E-state index contributed by atoms with van der Waals surface area (Å²) in [5, 5.41) is 5.30. The first-order valence-corrected chi connectivity index (χ1v) is 9.55. The van der Waals surface area contributed by atoms with E-state index in [1.807, 2.05) is 6.92 Å². The summed E-state index contributed by atoms with van der Waals surface area (Å²) < 4.78 is 6.13. The lowest BCUT2D eigenvalue weighted by Crippen LogP contribution is -2.23. The van der Waals surface area contributed by atoms with Crippen molar-refractivity contribution in [3.63, 3.8) is 0 Å². The lowest BCUT2D eigenvalue weighted by molar-refractivity contribution is 0.0600. The van der Waals surface area contributed by atoms with Crippen LogP contribution in [0.25, 0.3) is 11.3 Å². The van der Waals surface area contributed by atoms with Gasteiger partial charge in [0.1, 0.15) is 0 Å². The number of nitrogens with zero attached hydrogens (tertiary/aromatic N) is 2. The first-order valence-electron chi connectivity index (χ1n) is 8.43. The Morgan fingerprint density at radius 2 is 1.78 bits per heavy atom. The van der Waals surface area contributed by atoms with E-state index in [0.717, 1.165) is 33.3 Å². The fourth-order valence-corrected chi connectivity index (χ4v) is 3.12. The number of methoxy groups -OCH3 is 1. The second-order valence-electron chi connectivity index (χ2n) is 6.19. The first-order chi connectivity index (χ1) is 13.0. The molecule has 0 unspecified atom stereocenters. The molecule has 6 heteroatoms. The molecule has 0 atom stereocenters. The Labute approximate surface area is 165 Å². The van der Waals surface area contributed by atoms with E-state index in [2.05, 4.69) is 39.2 Å². The highest BCUT2D eigenvalue weighted by Crippen LogP contribution is 2.23. The van der Waals surface area contributed by atoms with Crippen molar-refractivity contribution in [2.75, 3.05) is 7.11 Å². The number of ether oxygens (including phenoxy) is 1. The van der Waals surface area contributed by atoms with E-state index in [4.69, 9.17) is 4.74 Å². The lowest BCUT2D eigenvalue weighted by atomic mass is 10.0. The highest BCUT2D eigenvalue weighted by atomic mass is 79.9. The summed E-state index contributed by atoms with van der Waals surface area (Å²) >= 11 is 3.47. The van der Waals surface area contributed by atoms with Crippen molar-refractivity contribution in [2.45, 2.75) is 18.8 Å². The third-order valence-corrected chi connectivity index (χ3v) is 4.95. The fraction of sp³-hybridized carbons (Fsp3) is 0.190. The summed E-state index contributed by atoms with van der Waals surface area (Å²) in [7, 11) is 1.35. The molecule has 0 fully saturated rings. The predicted molar refractivity (Wildman–Crippen MR) is 108 cm³/mol. The molecule has 3 rings (SSSR count). The quantitative estimate of drug-likeness (QED) is 0.457. The largest absolute Gasteiger partial charge is 0.465 e. The fourth-order valence-electron chi connectivity index (χ4n) is 2.77. The molecule has 0 N–H and O–H groups in total. The van der Waals surface area contributed by atoms with Crippen LogP contribution in [-0.4, -0.2) is 22.9 Å². The first kappa shape index (κ1) is 19.0. The Morgan fingerprint density at radius 1 is 1.07 bits per heavy atom. The van der Waals surface area contributed by atoms with Crippen LogP contribution in [0.15, 0.2) is 59.4 Å². The molecular formula is C21H19BrN2O3. The molecule has 0 spiro atoms. The number of benzene rings is 2. The smallest absolute Gasteiger partial charge is 0.337 e. The highest BCUT2D eigenvalue weighted by molar-refractivity contribution is 9.08. The zero-order valence-corrected chi connectivity index (χ0v) is 16.7. The van der Waals surface area contributed by atoms with Gasteiger partial charge in [0.05, 0.1) is 24.9 Å². The number of hydrogen-bond donors (Lipinski definition) is 0. The molecule has 27 heavy (non-hydrogen) atoms. The Hall–Kier alpha value is -2.73. The molecule has 2 aromatic carbocycles. The summed E-state index contributed by atoms with van der Waals surface area (Å²) in [6.07, 6.45) is 0. The number of hydrogen-bond acceptors (Lipinski definition) is 4. The lowest BCUT2D eigenvalue weighted by Gasteiger charge is -2.10. The summed E-state index contributed by atoms with van der Waals surface area (Å²) in [6.45, 7) is 2.35. The van der Waals surface area contributed by atoms with Gasteiger partial charge in [0.15, 0.2) is 0 Å². The van der Waals surface area contributed by atoms with Crippen LogP contribution in [0.3, 0.4) is 0 Å². The maximum atomic E-state index is 12.3. The minimum Gasteiger partial charge on any atom is -0.465 e. The normalized spacial score (nSPS) is 10.6. The van der Waals surface area contributed by atoms with E-state index in [0.29, 0.717) is 12.1 Å². The zero-order valence-electron chi connectivity index (χ0n) is 15.1. The molecular weight excluding hydrogens is 408 g/mol. The van der Waals surface area contributed by atoms with Gasteiger partial charge in [-0.25, -0.2) is 9.48 Å². The molecule has 0 amide bonds. The van der Waals surface area contributed by atoms with Gasteiger partial charge in [0.2, 0.25) is 0 Å². The van der Waals surface area contributed by atoms with Crippen LogP contribution in [0.5, 0.6) is 0 Å². The van der Waals surface area contributed by atoms with Gasteiger partial charge in [-0.1, -0.05) is 40.2 Å². The van der Waals surface area contributed by atoms with Gasteiger partial charge in [-0.3, -0.25) is 4.79 Å². The Bertz CT molecular complexity index is 1030. The standard InChI is InChI=1S/C21H19BrN2O3/c1-14-3-4-16(12-22)11-18(14)19-9-10-20(25)24(23-19)13-15-5-7-17(8-6-15)21(26)27-2/h3-11H,12-13H2,1-2H3. The molecule has 5 nitrogen and oxygen atoms in total. The van der Waals surface area contributed by atoms with Gasteiger partial charge in [0, 0.05) is 17.0 Å². The molecule has 3 aromatic rings. The molecule has 0 aliphatic rings. The second-order valence-corrected chi connectivity index (χ2v) is 6.75. The monoisotopic (exact) mass is 426 g/mol. The Balaban J connectivity index is 1.92. The topological polar surface area (TPSA) is 61.2 Å². The second kappa shape index (κ2) is 8.31. The molecule has 1 aromatic heterocycles. The van der Waals surface area contributed by atoms with E-state index < -0.39 is 0 Å². The van der Waals surface area contributed by atoms with Gasteiger partial charge in [0.25, 0.3) is 5.56 Å². The number of rotatable bonds is 5. The SMILES string of the molecule is COC(=O)c1ccc(Cn2nc(-c3cc(CBr)ccc3C)ccc2=O)cc1. The molecule has 0 radical (unpaired) electrons. The number of aryl methyl sites for hydroxylation is 1. The van der Waals surface area contributed by atoms with Crippen molar-refractivity contribution >= 4 is 21.9 Å². The van der Waals surface area contributed by atoms with Gasteiger partial charge < -0.3 is 4.74 Å². The van der Waals surface area contributed by atoms with Crippen LogP contribution in [0.2, 0.25) is 0 Å². The molecule has 0 aliphatic carbocycles. The summed E-state index contributed by atoms with van der Waals surface area (Å²) in [6, 6.07) is 16.4. The van der Waals surface area contributed by atoms with E-state index in [9.17, 15) is 9.59 Å². The van der Waals surface area contributed by atoms with E-state index >= 15 is 0 Å². The van der Waals surface area contributed by atoms with Crippen LogP contribution < -0.4 is 5.56 Å². The van der Waals surface area contributed by atoms with E-state index in [1.165, 1.54) is 17.9 Å². The van der Waals surface area contributed by atoms with E-state index in [-0.39, 0.29) is 11.5 Å². The highest BCUT2D eigenvalue weighted by Gasteiger charge is 2.09. The van der Waals surface area contributed by atoms with Crippen LogP contribution in [0.4, 0.5) is 0 Å². The van der Waals surface area contributed by atoms with Gasteiger partial charge in [-0.15, -0.1) is 0 Å². The molecule has 0 saturated carbocycles. The maximum Gasteiger partial charge on any atom is 0.337 e. The van der Waals surface area contributed by atoms with Crippen molar-refractivity contribution in [3.05, 3.63) is 87.2 Å². The zero-order chi connectivity index (χ0) is 19.4. The average molecular weight is 427 g/mol. The summed E-state index contributed by atoms with van der Waals surface area (Å²) in [4.78, 5) is 23.8. The molecule has 0 bridgehead atoms. The van der Waals surface area contributed by atoms with Crippen molar-refractivity contribution < 1.29 is 9.53 Å². The van der Waals surface area contributed by atoms with Crippen molar-refractivity contribution in [2.24, 2.45) is 0 Å². The van der Waals surface area contributed by atoms with Crippen molar-refractivity contribution in [1.29, 1.82) is 0 Å². The molecule has 0 aliphatic heterocycles. The number of carbonyl (C=O) groups is 1. The maximum absolute atomic E-state index is 12.3.